The SMILES string of the molecule is CCN(CCNC1CCN(C)C1)C1CC1. The monoisotopic (exact) mass is 211 g/mol. The molecule has 1 N–H and O–H groups in total. The Hall–Kier alpha value is -0.120. The van der Waals surface area contributed by atoms with Crippen LogP contribution in [0.1, 0.15) is 26.2 Å². The average Bonchev–Trinajstić information content (AvgIpc) is 2.98. The molecule has 1 atom stereocenters. The van der Waals surface area contributed by atoms with Gasteiger partial charge in [0.05, 0.1) is 0 Å². The molecule has 1 aliphatic heterocycles. The van der Waals surface area contributed by atoms with Gasteiger partial charge in [-0.2, -0.15) is 0 Å². The minimum atomic E-state index is 0.743. The minimum absolute atomic E-state index is 0.743. The van der Waals surface area contributed by atoms with Crippen LogP contribution in [0.3, 0.4) is 0 Å². The molecule has 0 bridgehead atoms. The Balaban J connectivity index is 1.57. The maximum absolute atomic E-state index is 3.68. The topological polar surface area (TPSA) is 18.5 Å². The van der Waals surface area contributed by atoms with E-state index in [1.54, 1.807) is 0 Å². The number of nitrogens with one attached hydrogen (secondary N) is 1. The molecule has 1 saturated heterocycles. The van der Waals surface area contributed by atoms with Crippen molar-refractivity contribution in [2.45, 2.75) is 38.3 Å². The van der Waals surface area contributed by atoms with Crippen molar-refractivity contribution in [3.05, 3.63) is 0 Å². The van der Waals surface area contributed by atoms with E-state index < -0.39 is 0 Å². The molecule has 0 aromatic carbocycles. The van der Waals surface area contributed by atoms with Crippen LogP contribution in [0.25, 0.3) is 0 Å². The number of hydrogen-bond acceptors (Lipinski definition) is 3. The van der Waals surface area contributed by atoms with Crippen LogP contribution >= 0.6 is 0 Å². The van der Waals surface area contributed by atoms with Gasteiger partial charge in [-0.05, 0) is 39.4 Å². The molecule has 1 saturated carbocycles. The first-order chi connectivity index (χ1) is 7.29. The van der Waals surface area contributed by atoms with Crippen molar-refractivity contribution in [2.24, 2.45) is 0 Å². The van der Waals surface area contributed by atoms with Crippen molar-refractivity contribution < 1.29 is 0 Å². The molecule has 3 nitrogen and oxygen atoms in total. The van der Waals surface area contributed by atoms with E-state index in [-0.39, 0.29) is 0 Å². The third-order valence-electron chi connectivity index (χ3n) is 3.69. The van der Waals surface area contributed by atoms with Gasteiger partial charge in [0.2, 0.25) is 0 Å². The Kier molecular flexibility index (Phi) is 4.00. The van der Waals surface area contributed by atoms with Crippen LogP contribution in [0.15, 0.2) is 0 Å². The van der Waals surface area contributed by atoms with Gasteiger partial charge in [0.15, 0.2) is 0 Å². The van der Waals surface area contributed by atoms with Crippen LogP contribution in [0.5, 0.6) is 0 Å². The first-order valence-corrected chi connectivity index (χ1v) is 6.45. The predicted octanol–water partition coefficient (Wildman–Crippen LogP) is 0.764. The molecule has 88 valence electrons. The average molecular weight is 211 g/mol. The van der Waals surface area contributed by atoms with Crippen LogP contribution in [0.4, 0.5) is 0 Å². The molecule has 1 unspecified atom stereocenters. The molecule has 1 heterocycles. The summed E-state index contributed by atoms with van der Waals surface area (Å²) in [5.74, 6) is 0. The summed E-state index contributed by atoms with van der Waals surface area (Å²) in [6.45, 7) is 8.40. The van der Waals surface area contributed by atoms with E-state index in [2.05, 4.69) is 29.1 Å². The van der Waals surface area contributed by atoms with Gasteiger partial charge in [-0.3, -0.25) is 4.90 Å². The second-order valence-electron chi connectivity index (χ2n) is 5.06. The summed E-state index contributed by atoms with van der Waals surface area (Å²) in [4.78, 5) is 5.03. The van der Waals surface area contributed by atoms with Crippen LogP contribution in [-0.2, 0) is 0 Å². The smallest absolute Gasteiger partial charge is 0.0207 e. The van der Waals surface area contributed by atoms with Gasteiger partial charge in [-0.1, -0.05) is 6.92 Å². The fourth-order valence-electron chi connectivity index (χ4n) is 2.55. The molecule has 0 aromatic rings. The third-order valence-corrected chi connectivity index (χ3v) is 3.69. The number of hydrogen-bond donors (Lipinski definition) is 1. The summed E-state index contributed by atoms with van der Waals surface area (Å²) in [6.07, 6.45) is 4.19. The molecule has 0 spiro atoms. The van der Waals surface area contributed by atoms with E-state index in [1.165, 1.54) is 52.0 Å². The van der Waals surface area contributed by atoms with Gasteiger partial charge < -0.3 is 10.2 Å². The Morgan fingerprint density at radius 2 is 2.13 bits per heavy atom. The lowest BCUT2D eigenvalue weighted by molar-refractivity contribution is 0.271. The lowest BCUT2D eigenvalue weighted by atomic mass is 10.2. The minimum Gasteiger partial charge on any atom is -0.311 e. The standard InChI is InChI=1S/C12H25N3/c1-3-15(12-4-5-12)9-7-13-11-6-8-14(2)10-11/h11-13H,3-10H2,1-2H3. The van der Waals surface area contributed by atoms with Gasteiger partial charge in [0, 0.05) is 31.7 Å². The third kappa shape index (κ3) is 3.44. The van der Waals surface area contributed by atoms with Crippen molar-refractivity contribution in [2.75, 3.05) is 39.8 Å². The second kappa shape index (κ2) is 5.28. The largest absolute Gasteiger partial charge is 0.311 e. The lowest BCUT2D eigenvalue weighted by Crippen LogP contribution is -2.39. The highest BCUT2D eigenvalue weighted by Crippen LogP contribution is 2.25. The molecular weight excluding hydrogens is 186 g/mol. The fraction of sp³-hybridized carbons (Fsp3) is 1.00. The quantitative estimate of drug-likeness (QED) is 0.700. The molecule has 2 rings (SSSR count). The molecular formula is C12H25N3. The van der Waals surface area contributed by atoms with Crippen molar-refractivity contribution in [3.8, 4) is 0 Å². The van der Waals surface area contributed by atoms with E-state index >= 15 is 0 Å². The Labute approximate surface area is 93.8 Å². The van der Waals surface area contributed by atoms with E-state index in [1.807, 2.05) is 0 Å². The van der Waals surface area contributed by atoms with Crippen molar-refractivity contribution in [1.29, 1.82) is 0 Å². The number of rotatable bonds is 6. The van der Waals surface area contributed by atoms with Gasteiger partial charge in [-0.25, -0.2) is 0 Å². The molecule has 0 amide bonds. The number of likely N-dealkylation sites (tertiary alicyclic amines) is 1. The van der Waals surface area contributed by atoms with Crippen molar-refractivity contribution >= 4 is 0 Å². The molecule has 1 aliphatic carbocycles. The molecule has 15 heavy (non-hydrogen) atoms. The Bertz CT molecular complexity index is 191. The first kappa shape index (κ1) is 11.4. The molecule has 3 heteroatoms. The molecule has 2 aliphatic rings. The summed E-state index contributed by atoms with van der Waals surface area (Å²) in [5.41, 5.74) is 0. The zero-order chi connectivity index (χ0) is 10.7. The predicted molar refractivity (Wildman–Crippen MR) is 64.2 cm³/mol. The van der Waals surface area contributed by atoms with Crippen molar-refractivity contribution in [3.63, 3.8) is 0 Å². The van der Waals surface area contributed by atoms with E-state index in [0.717, 1.165) is 12.1 Å². The fourth-order valence-corrected chi connectivity index (χ4v) is 2.55. The highest BCUT2D eigenvalue weighted by Gasteiger charge is 2.27. The van der Waals surface area contributed by atoms with Crippen LogP contribution in [0.2, 0.25) is 0 Å². The van der Waals surface area contributed by atoms with Gasteiger partial charge in [0.1, 0.15) is 0 Å². The normalized spacial score (nSPS) is 27.8. The summed E-state index contributed by atoms with van der Waals surface area (Å²) in [6, 6.07) is 1.66. The number of likely N-dealkylation sites (N-methyl/N-ethyl adjacent to an activating group) is 2. The van der Waals surface area contributed by atoms with E-state index in [9.17, 15) is 0 Å². The van der Waals surface area contributed by atoms with E-state index in [0.29, 0.717) is 0 Å². The van der Waals surface area contributed by atoms with Gasteiger partial charge in [-0.15, -0.1) is 0 Å². The summed E-state index contributed by atoms with van der Waals surface area (Å²) in [5, 5.41) is 3.68. The summed E-state index contributed by atoms with van der Waals surface area (Å²) >= 11 is 0. The first-order valence-electron chi connectivity index (χ1n) is 6.45. The molecule has 0 radical (unpaired) electrons. The maximum Gasteiger partial charge on any atom is 0.0207 e. The van der Waals surface area contributed by atoms with Gasteiger partial charge >= 0.3 is 0 Å². The van der Waals surface area contributed by atoms with Crippen molar-refractivity contribution in [1.82, 2.24) is 15.1 Å². The number of nitrogens with zero attached hydrogens (tertiary/aromatic N) is 2. The zero-order valence-corrected chi connectivity index (χ0v) is 10.2. The second-order valence-corrected chi connectivity index (χ2v) is 5.06. The zero-order valence-electron chi connectivity index (χ0n) is 10.2. The van der Waals surface area contributed by atoms with Crippen LogP contribution in [0, 0.1) is 0 Å². The summed E-state index contributed by atoms with van der Waals surface area (Å²) < 4.78 is 0. The maximum atomic E-state index is 3.68. The molecule has 0 aromatic heterocycles. The Morgan fingerprint density at radius 3 is 2.67 bits per heavy atom. The van der Waals surface area contributed by atoms with E-state index in [4.69, 9.17) is 0 Å². The molecule has 2 fully saturated rings. The summed E-state index contributed by atoms with van der Waals surface area (Å²) in [7, 11) is 2.21. The lowest BCUT2D eigenvalue weighted by Gasteiger charge is -2.21. The highest BCUT2D eigenvalue weighted by atomic mass is 15.2. The van der Waals surface area contributed by atoms with Gasteiger partial charge in [0.25, 0.3) is 0 Å². The van der Waals surface area contributed by atoms with Crippen LogP contribution in [-0.4, -0.2) is 61.7 Å². The van der Waals surface area contributed by atoms with Crippen LogP contribution < -0.4 is 5.32 Å². The Morgan fingerprint density at radius 1 is 1.33 bits per heavy atom. The highest BCUT2D eigenvalue weighted by molar-refractivity contribution is 4.85.